The summed E-state index contributed by atoms with van der Waals surface area (Å²) < 4.78 is 5.10. The first-order valence-corrected chi connectivity index (χ1v) is 3.97. The Labute approximate surface area is 67.1 Å². The minimum absolute atomic E-state index is 0.0370. The fraction of sp³-hybridized carbons (Fsp3) is 0.875. The maximum Gasteiger partial charge on any atom is 0.252 e. The molecule has 11 heavy (non-hydrogen) atoms. The molecule has 0 bridgehead atoms. The Balaban J connectivity index is 2.41. The van der Waals surface area contributed by atoms with Gasteiger partial charge in [0, 0.05) is 13.2 Å². The normalized spacial score (nSPS) is 20.0. The first kappa shape index (κ1) is 8.53. The fourth-order valence-corrected chi connectivity index (χ4v) is 1.03. The molecule has 0 saturated heterocycles. The van der Waals surface area contributed by atoms with E-state index in [0.29, 0.717) is 0 Å². The molecule has 3 heteroatoms. The Hall–Kier alpha value is -0.570. The lowest BCUT2D eigenvalue weighted by atomic mass is 10.3. The molecule has 0 unspecified atom stereocenters. The topological polar surface area (TPSA) is 38.3 Å². The van der Waals surface area contributed by atoms with Crippen molar-refractivity contribution in [3.05, 3.63) is 0 Å². The predicted molar refractivity (Wildman–Crippen MR) is 42.3 cm³/mol. The van der Waals surface area contributed by atoms with E-state index in [9.17, 15) is 4.79 Å². The van der Waals surface area contributed by atoms with Crippen molar-refractivity contribution in [3.63, 3.8) is 0 Å². The number of methoxy groups -OCH3 is 1. The molecular weight excluding hydrogens is 142 g/mol. The van der Waals surface area contributed by atoms with Crippen LogP contribution in [0.4, 0.5) is 0 Å². The molecule has 0 spiro atoms. The van der Waals surface area contributed by atoms with E-state index in [0.717, 1.165) is 12.8 Å². The van der Waals surface area contributed by atoms with Crippen molar-refractivity contribution in [3.8, 4) is 0 Å². The molecular formula is C8H15NO2. The number of carbonyl (C=O) groups excluding carboxylic acids is 1. The fourth-order valence-electron chi connectivity index (χ4n) is 1.03. The van der Waals surface area contributed by atoms with Gasteiger partial charge < -0.3 is 10.1 Å². The monoisotopic (exact) mass is 157 g/mol. The average molecular weight is 157 g/mol. The van der Waals surface area contributed by atoms with Crippen LogP contribution in [0.25, 0.3) is 0 Å². The van der Waals surface area contributed by atoms with Crippen LogP contribution in [-0.4, -0.2) is 24.7 Å². The van der Waals surface area contributed by atoms with Crippen LogP contribution in [0.3, 0.4) is 0 Å². The SMILES string of the molecule is COC1(C(=O)NC(C)C)CC1. The number of ether oxygens (including phenoxy) is 1. The maximum absolute atomic E-state index is 11.3. The third-order valence-electron chi connectivity index (χ3n) is 1.93. The molecule has 0 aromatic rings. The Morgan fingerprint density at radius 1 is 1.55 bits per heavy atom. The molecule has 1 fully saturated rings. The lowest BCUT2D eigenvalue weighted by molar-refractivity contribution is -0.134. The molecule has 0 aliphatic heterocycles. The first-order chi connectivity index (χ1) is 5.10. The van der Waals surface area contributed by atoms with E-state index in [1.165, 1.54) is 0 Å². The maximum atomic E-state index is 11.3. The van der Waals surface area contributed by atoms with Crippen LogP contribution >= 0.6 is 0 Å². The molecule has 0 aromatic carbocycles. The number of hydrogen-bond acceptors (Lipinski definition) is 2. The Morgan fingerprint density at radius 3 is 2.36 bits per heavy atom. The summed E-state index contributed by atoms with van der Waals surface area (Å²) in [5.41, 5.74) is -0.468. The van der Waals surface area contributed by atoms with Crippen molar-refractivity contribution in [2.75, 3.05) is 7.11 Å². The first-order valence-electron chi connectivity index (χ1n) is 3.97. The van der Waals surface area contributed by atoms with Gasteiger partial charge in [-0.05, 0) is 26.7 Å². The van der Waals surface area contributed by atoms with E-state index in [2.05, 4.69) is 5.32 Å². The van der Waals surface area contributed by atoms with Gasteiger partial charge in [0.05, 0.1) is 0 Å². The molecule has 1 aliphatic rings. The quantitative estimate of drug-likeness (QED) is 0.654. The van der Waals surface area contributed by atoms with Crippen LogP contribution in [-0.2, 0) is 9.53 Å². The van der Waals surface area contributed by atoms with Crippen LogP contribution in [0.5, 0.6) is 0 Å². The standard InChI is InChI=1S/C8H15NO2/c1-6(2)9-7(10)8(11-3)4-5-8/h6H,4-5H2,1-3H3,(H,9,10). The van der Waals surface area contributed by atoms with E-state index >= 15 is 0 Å². The number of hydrogen-bond donors (Lipinski definition) is 1. The van der Waals surface area contributed by atoms with Gasteiger partial charge in [-0.3, -0.25) is 4.79 Å². The van der Waals surface area contributed by atoms with Gasteiger partial charge in [-0.1, -0.05) is 0 Å². The van der Waals surface area contributed by atoms with E-state index < -0.39 is 5.60 Å². The molecule has 1 amide bonds. The second kappa shape index (κ2) is 2.81. The third-order valence-corrected chi connectivity index (χ3v) is 1.93. The molecule has 1 aliphatic carbocycles. The minimum Gasteiger partial charge on any atom is -0.368 e. The highest BCUT2D eigenvalue weighted by Gasteiger charge is 2.50. The van der Waals surface area contributed by atoms with E-state index in [-0.39, 0.29) is 11.9 Å². The van der Waals surface area contributed by atoms with Crippen LogP contribution in [0, 0.1) is 0 Å². The summed E-state index contributed by atoms with van der Waals surface area (Å²) >= 11 is 0. The number of rotatable bonds is 3. The predicted octanol–water partition coefficient (Wildman–Crippen LogP) is 0.690. The van der Waals surface area contributed by atoms with Crippen molar-refractivity contribution >= 4 is 5.91 Å². The van der Waals surface area contributed by atoms with Crippen molar-refractivity contribution in [1.82, 2.24) is 5.32 Å². The zero-order chi connectivity index (χ0) is 8.48. The molecule has 1 N–H and O–H groups in total. The summed E-state index contributed by atoms with van der Waals surface area (Å²) in [6, 6.07) is 0.204. The highest BCUT2D eigenvalue weighted by molar-refractivity contribution is 5.88. The Kier molecular flexibility index (Phi) is 2.18. The van der Waals surface area contributed by atoms with E-state index in [1.54, 1.807) is 7.11 Å². The minimum atomic E-state index is -0.468. The van der Waals surface area contributed by atoms with Gasteiger partial charge in [0.15, 0.2) is 0 Å². The lowest BCUT2D eigenvalue weighted by Gasteiger charge is -2.15. The molecule has 0 atom stereocenters. The average Bonchev–Trinajstić information content (AvgIpc) is 2.65. The number of carbonyl (C=O) groups is 1. The lowest BCUT2D eigenvalue weighted by Crippen LogP contribution is -2.41. The van der Waals surface area contributed by atoms with Crippen LogP contribution < -0.4 is 5.32 Å². The van der Waals surface area contributed by atoms with Crippen molar-refractivity contribution < 1.29 is 9.53 Å². The highest BCUT2D eigenvalue weighted by Crippen LogP contribution is 2.38. The Morgan fingerprint density at radius 2 is 2.09 bits per heavy atom. The number of nitrogens with one attached hydrogen (secondary N) is 1. The third kappa shape index (κ3) is 1.71. The summed E-state index contributed by atoms with van der Waals surface area (Å²) in [7, 11) is 1.59. The molecule has 1 saturated carbocycles. The van der Waals surface area contributed by atoms with Gasteiger partial charge in [-0.2, -0.15) is 0 Å². The second-order valence-corrected chi connectivity index (χ2v) is 3.33. The smallest absolute Gasteiger partial charge is 0.252 e. The Bertz CT molecular complexity index is 161. The van der Waals surface area contributed by atoms with Crippen molar-refractivity contribution in [2.45, 2.75) is 38.3 Å². The van der Waals surface area contributed by atoms with Crippen LogP contribution in [0.2, 0.25) is 0 Å². The molecule has 1 rings (SSSR count). The second-order valence-electron chi connectivity index (χ2n) is 3.33. The molecule has 64 valence electrons. The van der Waals surface area contributed by atoms with Crippen molar-refractivity contribution in [1.29, 1.82) is 0 Å². The molecule has 0 aromatic heterocycles. The van der Waals surface area contributed by atoms with E-state index in [1.807, 2.05) is 13.8 Å². The van der Waals surface area contributed by atoms with E-state index in [4.69, 9.17) is 4.74 Å². The van der Waals surface area contributed by atoms with Gasteiger partial charge >= 0.3 is 0 Å². The summed E-state index contributed by atoms with van der Waals surface area (Å²) in [4.78, 5) is 11.3. The van der Waals surface area contributed by atoms with Gasteiger partial charge in [-0.15, -0.1) is 0 Å². The zero-order valence-electron chi connectivity index (χ0n) is 7.31. The van der Waals surface area contributed by atoms with Crippen molar-refractivity contribution in [2.24, 2.45) is 0 Å². The van der Waals surface area contributed by atoms with Crippen LogP contribution in [0.15, 0.2) is 0 Å². The van der Waals surface area contributed by atoms with Gasteiger partial charge in [-0.25, -0.2) is 0 Å². The van der Waals surface area contributed by atoms with Gasteiger partial charge in [0.25, 0.3) is 5.91 Å². The van der Waals surface area contributed by atoms with Gasteiger partial charge in [0.1, 0.15) is 5.60 Å². The largest absolute Gasteiger partial charge is 0.368 e. The molecule has 0 radical (unpaired) electrons. The van der Waals surface area contributed by atoms with Crippen LogP contribution in [0.1, 0.15) is 26.7 Å². The summed E-state index contributed by atoms with van der Waals surface area (Å²) in [5.74, 6) is 0.0370. The molecule has 3 nitrogen and oxygen atoms in total. The summed E-state index contributed by atoms with van der Waals surface area (Å²) in [6.07, 6.45) is 1.73. The number of amides is 1. The molecule has 0 heterocycles. The zero-order valence-corrected chi connectivity index (χ0v) is 7.31. The summed E-state index contributed by atoms with van der Waals surface area (Å²) in [6.45, 7) is 3.90. The summed E-state index contributed by atoms with van der Waals surface area (Å²) in [5, 5.41) is 2.83. The highest BCUT2D eigenvalue weighted by atomic mass is 16.5. The van der Waals surface area contributed by atoms with Gasteiger partial charge in [0.2, 0.25) is 0 Å².